The van der Waals surface area contributed by atoms with Crippen LogP contribution < -0.4 is 9.46 Å². The van der Waals surface area contributed by atoms with Crippen LogP contribution >= 0.6 is 11.8 Å². The molecular weight excluding hydrogens is 461 g/mol. The van der Waals surface area contributed by atoms with Crippen molar-refractivity contribution in [3.63, 3.8) is 0 Å². The Morgan fingerprint density at radius 2 is 1.56 bits per heavy atom. The number of ether oxygens (including phenoxy) is 2. The van der Waals surface area contributed by atoms with Crippen LogP contribution in [0, 0.1) is 5.82 Å². The lowest BCUT2D eigenvalue weighted by Crippen LogP contribution is -2.53. The predicted octanol–water partition coefficient (Wildman–Crippen LogP) is 3.42. The Morgan fingerprint density at radius 1 is 1.06 bits per heavy atom. The molecule has 0 radical (unpaired) electrons. The minimum atomic E-state index is -4.21. The minimum absolute atomic E-state index is 0.169. The molecule has 11 heteroatoms. The van der Waals surface area contributed by atoms with Gasteiger partial charge in [0.25, 0.3) is 0 Å². The number of esters is 1. The molecule has 2 N–H and O–H groups in total. The summed E-state index contributed by atoms with van der Waals surface area (Å²) >= 11 is 0.983. The molecule has 2 aromatic rings. The highest BCUT2D eigenvalue weighted by atomic mass is 32.2. The van der Waals surface area contributed by atoms with Crippen molar-refractivity contribution in [2.24, 2.45) is 0 Å². The number of methoxy groups -OCH3 is 1. The monoisotopic (exact) mass is 485 g/mol. The molecule has 0 saturated carbocycles. The Labute approximate surface area is 190 Å². The van der Waals surface area contributed by atoms with Gasteiger partial charge < -0.3 is 14.6 Å². The molecule has 32 heavy (non-hydrogen) atoms. The van der Waals surface area contributed by atoms with E-state index >= 15 is 0 Å². The first kappa shape index (κ1) is 25.6. The summed E-state index contributed by atoms with van der Waals surface area (Å²) in [6.45, 7) is 4.60. The summed E-state index contributed by atoms with van der Waals surface area (Å²) in [5.41, 5.74) is 0. The molecule has 0 aliphatic rings. The van der Waals surface area contributed by atoms with Crippen LogP contribution in [0.1, 0.15) is 20.8 Å². The van der Waals surface area contributed by atoms with E-state index in [2.05, 4.69) is 9.46 Å². The van der Waals surface area contributed by atoms with Gasteiger partial charge in [-0.3, -0.25) is 9.59 Å². The molecular formula is C21H24FNO7S2. The maximum Gasteiger partial charge on any atom is 0.323 e. The van der Waals surface area contributed by atoms with Crippen LogP contribution in [0.25, 0.3) is 0 Å². The molecule has 2 aromatic carbocycles. The normalized spacial score (nSPS) is 13.8. The summed E-state index contributed by atoms with van der Waals surface area (Å²) in [6.07, 6.45) is 0. The van der Waals surface area contributed by atoms with Gasteiger partial charge in [0.15, 0.2) is 0 Å². The zero-order chi connectivity index (χ0) is 24.1. The van der Waals surface area contributed by atoms with Crippen molar-refractivity contribution in [1.82, 2.24) is 4.72 Å². The van der Waals surface area contributed by atoms with Gasteiger partial charge in [0.2, 0.25) is 10.0 Å². The highest BCUT2D eigenvalue weighted by Crippen LogP contribution is 2.34. The van der Waals surface area contributed by atoms with Crippen molar-refractivity contribution in [2.75, 3.05) is 7.11 Å². The van der Waals surface area contributed by atoms with Crippen LogP contribution in [-0.4, -0.2) is 48.6 Å². The zero-order valence-corrected chi connectivity index (χ0v) is 19.5. The van der Waals surface area contributed by atoms with Crippen LogP contribution in [0.15, 0.2) is 53.4 Å². The van der Waals surface area contributed by atoms with E-state index in [9.17, 15) is 27.5 Å². The van der Waals surface area contributed by atoms with Crippen molar-refractivity contribution in [3.05, 3.63) is 54.3 Å². The standard InChI is InChI=1S/C21H24FNO7S2/c1-13(20(26)29-4)31-21(2,3)18(19(24)25)23-32(27,28)17-11-9-16(10-12-17)30-15-7-5-14(22)6-8-15/h5-13,18,23H,1-4H3,(H,24,25). The van der Waals surface area contributed by atoms with Crippen LogP contribution in [-0.2, 0) is 24.3 Å². The summed E-state index contributed by atoms with van der Waals surface area (Å²) in [6, 6.07) is 9.09. The third-order valence-corrected chi connectivity index (χ3v) is 7.24. The number of carboxylic acid groups (broad SMARTS) is 1. The van der Waals surface area contributed by atoms with E-state index in [4.69, 9.17) is 4.74 Å². The first-order valence-electron chi connectivity index (χ1n) is 9.40. The quantitative estimate of drug-likeness (QED) is 0.492. The van der Waals surface area contributed by atoms with E-state index in [1.165, 1.54) is 69.5 Å². The molecule has 2 unspecified atom stereocenters. The third-order valence-electron chi connectivity index (χ3n) is 4.41. The Hall–Kier alpha value is -2.63. The molecule has 0 spiro atoms. The van der Waals surface area contributed by atoms with Crippen LogP contribution in [0.5, 0.6) is 11.5 Å². The van der Waals surface area contributed by atoms with E-state index in [1.54, 1.807) is 6.92 Å². The molecule has 2 rings (SSSR count). The molecule has 0 aromatic heterocycles. The number of carbonyl (C=O) groups excluding carboxylic acids is 1. The molecule has 0 saturated heterocycles. The Bertz CT molecular complexity index is 1050. The van der Waals surface area contributed by atoms with Crippen LogP contribution in [0.2, 0.25) is 0 Å². The minimum Gasteiger partial charge on any atom is -0.480 e. The van der Waals surface area contributed by atoms with Crippen LogP contribution in [0.4, 0.5) is 4.39 Å². The van der Waals surface area contributed by atoms with Crippen molar-refractivity contribution >= 4 is 33.7 Å². The molecule has 0 aliphatic carbocycles. The van der Waals surface area contributed by atoms with Gasteiger partial charge in [-0.15, -0.1) is 11.8 Å². The molecule has 0 aliphatic heterocycles. The summed E-state index contributed by atoms with van der Waals surface area (Å²) < 4.78 is 49.8. The first-order valence-corrected chi connectivity index (χ1v) is 11.8. The Balaban J connectivity index is 2.18. The number of carboxylic acids is 1. The summed E-state index contributed by atoms with van der Waals surface area (Å²) in [5.74, 6) is -1.68. The van der Waals surface area contributed by atoms with Gasteiger partial charge in [0.1, 0.15) is 28.6 Å². The molecule has 174 valence electrons. The number of hydrogen-bond acceptors (Lipinski definition) is 7. The van der Waals surface area contributed by atoms with E-state index in [0.717, 1.165) is 11.8 Å². The maximum absolute atomic E-state index is 13.0. The van der Waals surface area contributed by atoms with Gasteiger partial charge in [-0.25, -0.2) is 12.8 Å². The number of rotatable bonds is 10. The second-order valence-electron chi connectivity index (χ2n) is 7.31. The van der Waals surface area contributed by atoms with Gasteiger partial charge in [-0.1, -0.05) is 0 Å². The zero-order valence-electron chi connectivity index (χ0n) is 17.9. The second kappa shape index (κ2) is 10.3. The molecule has 0 bridgehead atoms. The van der Waals surface area contributed by atoms with Crippen molar-refractivity contribution in [3.8, 4) is 11.5 Å². The lowest BCUT2D eigenvalue weighted by atomic mass is 10.1. The lowest BCUT2D eigenvalue weighted by Gasteiger charge is -2.32. The number of aliphatic carboxylic acids is 1. The largest absolute Gasteiger partial charge is 0.480 e. The average molecular weight is 486 g/mol. The number of hydrogen-bond donors (Lipinski definition) is 2. The van der Waals surface area contributed by atoms with E-state index < -0.39 is 43.8 Å². The fourth-order valence-electron chi connectivity index (χ4n) is 2.78. The number of sulfonamides is 1. The Morgan fingerprint density at radius 3 is 2.03 bits per heavy atom. The van der Waals surface area contributed by atoms with E-state index in [1.807, 2.05) is 0 Å². The third kappa shape index (κ3) is 6.68. The molecule has 2 atom stereocenters. The van der Waals surface area contributed by atoms with Gasteiger partial charge in [0, 0.05) is 4.75 Å². The van der Waals surface area contributed by atoms with Gasteiger partial charge in [-0.05, 0) is 69.3 Å². The number of nitrogens with one attached hydrogen (secondary N) is 1. The number of carbonyl (C=O) groups is 2. The number of benzene rings is 2. The van der Waals surface area contributed by atoms with Gasteiger partial charge in [-0.2, -0.15) is 4.72 Å². The molecule has 0 heterocycles. The smallest absolute Gasteiger partial charge is 0.323 e. The van der Waals surface area contributed by atoms with Crippen LogP contribution in [0.3, 0.4) is 0 Å². The lowest BCUT2D eigenvalue weighted by molar-refractivity contribution is -0.141. The highest BCUT2D eigenvalue weighted by molar-refractivity contribution is 8.02. The van der Waals surface area contributed by atoms with E-state index in [0.29, 0.717) is 11.5 Å². The fourth-order valence-corrected chi connectivity index (χ4v) is 5.59. The molecule has 0 amide bonds. The summed E-state index contributed by atoms with van der Waals surface area (Å²) in [7, 11) is -2.99. The summed E-state index contributed by atoms with van der Waals surface area (Å²) in [4.78, 5) is 23.4. The maximum atomic E-state index is 13.0. The van der Waals surface area contributed by atoms with Crippen molar-refractivity contribution in [1.29, 1.82) is 0 Å². The van der Waals surface area contributed by atoms with Crippen molar-refractivity contribution in [2.45, 2.75) is 41.7 Å². The average Bonchev–Trinajstić information content (AvgIpc) is 2.73. The molecule has 8 nitrogen and oxygen atoms in total. The number of halogens is 1. The second-order valence-corrected chi connectivity index (χ2v) is 11.0. The molecule has 0 fully saturated rings. The Kier molecular flexibility index (Phi) is 8.27. The number of thioether (sulfide) groups is 1. The van der Waals surface area contributed by atoms with Crippen molar-refractivity contribution < 1.29 is 37.0 Å². The predicted molar refractivity (Wildman–Crippen MR) is 118 cm³/mol. The summed E-state index contributed by atoms with van der Waals surface area (Å²) in [5, 5.41) is 8.95. The van der Waals surface area contributed by atoms with Gasteiger partial charge in [0.05, 0.1) is 12.0 Å². The first-order chi connectivity index (χ1) is 14.9. The SMILES string of the molecule is COC(=O)C(C)SC(C)(C)C(NS(=O)(=O)c1ccc(Oc2ccc(F)cc2)cc1)C(=O)O. The van der Waals surface area contributed by atoms with E-state index in [-0.39, 0.29) is 4.90 Å². The topological polar surface area (TPSA) is 119 Å². The highest BCUT2D eigenvalue weighted by Gasteiger charge is 2.41. The van der Waals surface area contributed by atoms with Gasteiger partial charge >= 0.3 is 11.9 Å². The fraction of sp³-hybridized carbons (Fsp3) is 0.333.